The summed E-state index contributed by atoms with van der Waals surface area (Å²) >= 11 is 0. The number of rotatable bonds is 4. The number of nitrogens with one attached hydrogen (secondary N) is 1. The van der Waals surface area contributed by atoms with Crippen LogP contribution in [0.5, 0.6) is 0 Å². The van der Waals surface area contributed by atoms with Crippen LogP contribution < -0.4 is 10.9 Å². The number of carbonyl (C=O) groups excluding carboxylic acids is 2. The molecule has 0 radical (unpaired) electrons. The number of benzene rings is 1. The van der Waals surface area contributed by atoms with Gasteiger partial charge in [0, 0.05) is 22.6 Å². The van der Waals surface area contributed by atoms with E-state index < -0.39 is 23.7 Å². The Morgan fingerprint density at radius 3 is 2.79 bits per heavy atom. The molecule has 0 bridgehead atoms. The van der Waals surface area contributed by atoms with Crippen LogP contribution in [-0.4, -0.2) is 37.7 Å². The van der Waals surface area contributed by atoms with E-state index in [0.29, 0.717) is 35.3 Å². The van der Waals surface area contributed by atoms with Crippen molar-refractivity contribution in [2.24, 2.45) is 0 Å². The van der Waals surface area contributed by atoms with Crippen molar-refractivity contribution in [3.63, 3.8) is 0 Å². The topological polar surface area (TPSA) is 131 Å². The molecule has 3 aliphatic rings. The first-order valence-corrected chi connectivity index (χ1v) is 12.8. The molecule has 0 fully saturated rings. The summed E-state index contributed by atoms with van der Waals surface area (Å²) in [5.41, 5.74) is 2.24. The maximum atomic E-state index is 15.0. The van der Waals surface area contributed by atoms with Gasteiger partial charge >= 0.3 is 5.97 Å². The average Bonchev–Trinajstić information content (AvgIpc) is 3.24. The van der Waals surface area contributed by atoms with Gasteiger partial charge in [0.25, 0.3) is 5.56 Å². The zero-order valence-electron chi connectivity index (χ0n) is 21.4. The molecular formula is C28H28FN3O6. The van der Waals surface area contributed by atoms with Crippen LogP contribution in [0.2, 0.25) is 0 Å². The number of hydrogen-bond acceptors (Lipinski definition) is 7. The van der Waals surface area contributed by atoms with E-state index in [1.165, 1.54) is 10.6 Å². The van der Waals surface area contributed by atoms with E-state index in [1.54, 1.807) is 26.8 Å². The van der Waals surface area contributed by atoms with Gasteiger partial charge in [-0.3, -0.25) is 9.59 Å². The molecule has 3 N–H and O–H groups in total. The number of fused-ring (bicyclic) bond motifs is 5. The maximum Gasteiger partial charge on any atom is 0.343 e. The first-order valence-electron chi connectivity index (χ1n) is 12.8. The second kappa shape index (κ2) is 8.44. The number of aromatic nitrogens is 2. The fourth-order valence-corrected chi connectivity index (χ4v) is 6.22. The number of carbonyl (C=O) groups is 2. The van der Waals surface area contributed by atoms with E-state index in [1.807, 2.05) is 0 Å². The van der Waals surface area contributed by atoms with E-state index >= 15 is 0 Å². The van der Waals surface area contributed by atoms with Crippen LogP contribution in [0.1, 0.15) is 72.5 Å². The predicted octanol–water partition coefficient (Wildman–Crippen LogP) is 2.40. The van der Waals surface area contributed by atoms with Gasteiger partial charge in [-0.15, -0.1) is 0 Å². The van der Waals surface area contributed by atoms with E-state index in [0.717, 1.165) is 22.1 Å². The Kier molecular flexibility index (Phi) is 5.48. The number of amides is 1. The average molecular weight is 522 g/mol. The normalized spacial score (nSPS) is 21.9. The van der Waals surface area contributed by atoms with Crippen molar-refractivity contribution in [3.8, 4) is 11.4 Å². The lowest BCUT2D eigenvalue weighted by atomic mass is 9.81. The van der Waals surface area contributed by atoms with Gasteiger partial charge in [0.05, 0.1) is 47.6 Å². The van der Waals surface area contributed by atoms with Gasteiger partial charge < -0.3 is 24.8 Å². The Morgan fingerprint density at radius 1 is 1.32 bits per heavy atom. The highest BCUT2D eigenvalue weighted by Crippen LogP contribution is 2.45. The van der Waals surface area contributed by atoms with Crippen LogP contribution in [0.25, 0.3) is 22.3 Å². The van der Waals surface area contributed by atoms with Gasteiger partial charge in [0.2, 0.25) is 5.91 Å². The van der Waals surface area contributed by atoms with Crippen LogP contribution in [0, 0.1) is 12.7 Å². The zero-order chi connectivity index (χ0) is 27.1. The summed E-state index contributed by atoms with van der Waals surface area (Å²) in [6.07, 6.45) is 0.224. The number of aliphatic hydroxyl groups is 2. The summed E-state index contributed by atoms with van der Waals surface area (Å²) in [6, 6.07) is 2.57. The summed E-state index contributed by atoms with van der Waals surface area (Å²) in [7, 11) is 0. The van der Waals surface area contributed by atoms with Gasteiger partial charge in [-0.05, 0) is 55.9 Å². The van der Waals surface area contributed by atoms with Gasteiger partial charge in [-0.2, -0.15) is 0 Å². The highest BCUT2D eigenvalue weighted by Gasteiger charge is 2.46. The second-order valence-electron chi connectivity index (χ2n) is 10.5. The quantitative estimate of drug-likeness (QED) is 0.352. The molecule has 38 heavy (non-hydrogen) atoms. The second-order valence-corrected chi connectivity index (χ2v) is 10.5. The molecule has 0 saturated carbocycles. The molecule has 0 spiro atoms. The SMILES string of the molecule is CC[C@@]1(O)C(=O)OCc2c1cc1n(c2=O)Cc2c-1nc1cc(F)c(C)c3c1c2[C@@H](NC(=O)CC(C)O)CC3. The first kappa shape index (κ1) is 24.7. The first-order chi connectivity index (χ1) is 18.0. The molecule has 4 heterocycles. The maximum absolute atomic E-state index is 15.0. The molecule has 2 aromatic heterocycles. The summed E-state index contributed by atoms with van der Waals surface area (Å²) in [5.74, 6) is -1.50. The van der Waals surface area contributed by atoms with Crippen molar-refractivity contribution in [1.29, 1.82) is 0 Å². The number of halogens is 1. The number of nitrogens with zero attached hydrogens (tertiary/aromatic N) is 2. The molecule has 10 heteroatoms. The fraction of sp³-hybridized carbons (Fsp3) is 0.429. The van der Waals surface area contributed by atoms with Crippen molar-refractivity contribution >= 4 is 22.8 Å². The van der Waals surface area contributed by atoms with Crippen LogP contribution in [0.4, 0.5) is 4.39 Å². The third kappa shape index (κ3) is 3.36. The van der Waals surface area contributed by atoms with Gasteiger partial charge in [-0.1, -0.05) is 6.92 Å². The van der Waals surface area contributed by atoms with Crippen molar-refractivity contribution < 1.29 is 28.9 Å². The molecule has 1 amide bonds. The Hall–Kier alpha value is -3.63. The number of cyclic esters (lactones) is 1. The molecule has 1 aliphatic carbocycles. The number of aryl methyl sites for hydroxylation is 1. The number of hydrogen-bond donors (Lipinski definition) is 3. The Balaban J connectivity index is 1.61. The molecule has 0 saturated heterocycles. The van der Waals surface area contributed by atoms with Crippen molar-refractivity contribution in [3.05, 3.63) is 61.7 Å². The largest absolute Gasteiger partial charge is 0.458 e. The third-order valence-electron chi connectivity index (χ3n) is 8.19. The summed E-state index contributed by atoms with van der Waals surface area (Å²) < 4.78 is 21.6. The van der Waals surface area contributed by atoms with Gasteiger partial charge in [-0.25, -0.2) is 14.2 Å². The van der Waals surface area contributed by atoms with Crippen molar-refractivity contribution in [2.75, 3.05) is 0 Å². The minimum Gasteiger partial charge on any atom is -0.458 e. The fourth-order valence-electron chi connectivity index (χ4n) is 6.22. The lowest BCUT2D eigenvalue weighted by molar-refractivity contribution is -0.172. The summed E-state index contributed by atoms with van der Waals surface area (Å²) in [4.78, 5) is 43.6. The molecule has 1 unspecified atom stereocenters. The van der Waals surface area contributed by atoms with Gasteiger partial charge in [0.15, 0.2) is 5.60 Å². The molecule has 1 aromatic carbocycles. The van der Waals surface area contributed by atoms with Crippen molar-refractivity contribution in [2.45, 2.75) is 77.4 Å². The molecule has 2 aliphatic heterocycles. The molecule has 3 aromatic rings. The van der Waals surface area contributed by atoms with E-state index in [4.69, 9.17) is 9.72 Å². The number of pyridine rings is 2. The summed E-state index contributed by atoms with van der Waals surface area (Å²) in [5, 5.41) is 24.7. The monoisotopic (exact) mass is 521 g/mol. The highest BCUT2D eigenvalue weighted by molar-refractivity contribution is 5.94. The van der Waals surface area contributed by atoms with E-state index in [-0.39, 0.29) is 54.4 Å². The third-order valence-corrected chi connectivity index (χ3v) is 8.19. The van der Waals surface area contributed by atoms with Crippen molar-refractivity contribution in [1.82, 2.24) is 14.9 Å². The van der Waals surface area contributed by atoms with E-state index in [9.17, 15) is 29.0 Å². The minimum absolute atomic E-state index is 0.0240. The molecule has 6 rings (SSSR count). The van der Waals surface area contributed by atoms with Crippen LogP contribution >= 0.6 is 0 Å². The molecule has 3 atom stereocenters. The Bertz CT molecular complexity index is 1630. The van der Waals surface area contributed by atoms with Crippen LogP contribution in [-0.2, 0) is 39.5 Å². The lowest BCUT2D eigenvalue weighted by Gasteiger charge is -2.31. The molecule has 9 nitrogen and oxygen atoms in total. The van der Waals surface area contributed by atoms with E-state index in [2.05, 4.69) is 5.32 Å². The Labute approximate surface area is 217 Å². The lowest BCUT2D eigenvalue weighted by Crippen LogP contribution is -2.44. The molecule has 198 valence electrons. The number of esters is 1. The Morgan fingerprint density at radius 2 is 2.08 bits per heavy atom. The number of aliphatic hydroxyl groups excluding tert-OH is 1. The summed E-state index contributed by atoms with van der Waals surface area (Å²) in [6.45, 7) is 4.84. The van der Waals surface area contributed by atoms with Gasteiger partial charge in [0.1, 0.15) is 12.4 Å². The highest BCUT2D eigenvalue weighted by atomic mass is 19.1. The zero-order valence-corrected chi connectivity index (χ0v) is 21.4. The minimum atomic E-state index is -1.95. The van der Waals surface area contributed by atoms with Crippen LogP contribution in [0.3, 0.4) is 0 Å². The molecular weight excluding hydrogens is 493 g/mol. The smallest absolute Gasteiger partial charge is 0.343 e. The number of ether oxygens (including phenoxy) is 1. The predicted molar refractivity (Wildman–Crippen MR) is 135 cm³/mol. The standard InChI is InChI=1S/C28H28FN3O6/c1-4-28(37)17-8-21-25-15(10-32(21)26(35)16(17)11-38-27(28)36)24-19(30-22(34)7-12(2)33)6-5-14-13(3)18(29)9-20(31-25)23(14)24/h8-9,12,19,33,37H,4-7,10-11H2,1-3H3,(H,30,34)/t12?,19-,28-/m0/s1. The van der Waals surface area contributed by atoms with Crippen LogP contribution in [0.15, 0.2) is 16.9 Å².